The number of hydrogen-bond donors (Lipinski definition) is 1. The summed E-state index contributed by atoms with van der Waals surface area (Å²) < 4.78 is 78.2. The van der Waals surface area contributed by atoms with Crippen LogP contribution in [0.25, 0.3) is 0 Å². The van der Waals surface area contributed by atoms with E-state index in [1.807, 2.05) is 0 Å². The maximum atomic E-state index is 12.8. The van der Waals surface area contributed by atoms with E-state index in [0.29, 0.717) is 12.1 Å². The van der Waals surface area contributed by atoms with Gasteiger partial charge in [0.25, 0.3) is 10.1 Å². The second kappa shape index (κ2) is 4.56. The summed E-state index contributed by atoms with van der Waals surface area (Å²) in [7, 11) is -4.84. The van der Waals surface area contributed by atoms with E-state index in [-0.39, 0.29) is 18.5 Å². The third kappa shape index (κ3) is 3.32. The Balaban J connectivity index is 0.00000225. The molecule has 0 aliphatic heterocycles. The van der Waals surface area contributed by atoms with Crippen LogP contribution in [0, 0.1) is 5.82 Å². The fraction of sp³-hybridized carbons (Fsp3) is 0.143. The van der Waals surface area contributed by atoms with Gasteiger partial charge in [0.05, 0.1) is 5.56 Å². The maximum Gasteiger partial charge on any atom is 0.416 e. The Hall–Kier alpha value is -0.860. The van der Waals surface area contributed by atoms with Gasteiger partial charge in [-0.1, -0.05) is 0 Å². The van der Waals surface area contributed by atoms with Gasteiger partial charge in [0.15, 0.2) is 0 Å². The van der Waals surface area contributed by atoms with Crippen LogP contribution in [0.5, 0.6) is 0 Å². The van der Waals surface area contributed by atoms with Crippen LogP contribution in [-0.2, 0) is 16.3 Å². The molecule has 1 rings (SSSR count). The molecule has 16 heavy (non-hydrogen) atoms. The van der Waals surface area contributed by atoms with Crippen molar-refractivity contribution in [2.45, 2.75) is 11.1 Å². The van der Waals surface area contributed by atoms with Crippen molar-refractivity contribution < 1.29 is 30.5 Å². The van der Waals surface area contributed by atoms with Gasteiger partial charge in [-0.15, -0.1) is 12.4 Å². The molecule has 0 heterocycles. The van der Waals surface area contributed by atoms with Crippen molar-refractivity contribution in [3.8, 4) is 0 Å². The summed E-state index contributed by atoms with van der Waals surface area (Å²) in [5.74, 6) is -1.65. The molecular formula is C7H5ClF4O3S. The maximum absolute atomic E-state index is 12.8. The summed E-state index contributed by atoms with van der Waals surface area (Å²) >= 11 is 0. The molecule has 0 saturated carbocycles. The van der Waals surface area contributed by atoms with Crippen molar-refractivity contribution >= 4 is 22.5 Å². The highest BCUT2D eigenvalue weighted by Gasteiger charge is 2.32. The van der Waals surface area contributed by atoms with Gasteiger partial charge in [-0.05, 0) is 18.2 Å². The average Bonchev–Trinajstić information content (AvgIpc) is 1.99. The Labute approximate surface area is 94.2 Å². The fourth-order valence-electron chi connectivity index (χ4n) is 0.886. The minimum absolute atomic E-state index is 0. The van der Waals surface area contributed by atoms with Crippen molar-refractivity contribution in [3.05, 3.63) is 29.6 Å². The van der Waals surface area contributed by atoms with Crippen LogP contribution in [0.4, 0.5) is 17.6 Å². The van der Waals surface area contributed by atoms with Gasteiger partial charge < -0.3 is 0 Å². The van der Waals surface area contributed by atoms with Crippen molar-refractivity contribution in [2.24, 2.45) is 0 Å². The van der Waals surface area contributed by atoms with Crippen LogP contribution in [0.15, 0.2) is 23.1 Å². The van der Waals surface area contributed by atoms with Crippen molar-refractivity contribution in [1.29, 1.82) is 0 Å². The highest BCUT2D eigenvalue weighted by atomic mass is 35.5. The van der Waals surface area contributed by atoms with Crippen LogP contribution < -0.4 is 0 Å². The first-order valence-electron chi connectivity index (χ1n) is 3.46. The third-order valence-electron chi connectivity index (χ3n) is 1.54. The first-order chi connectivity index (χ1) is 6.62. The molecule has 1 aromatic carbocycles. The quantitative estimate of drug-likeness (QED) is 0.635. The van der Waals surface area contributed by atoms with Gasteiger partial charge in [0.2, 0.25) is 0 Å². The molecule has 0 spiro atoms. The van der Waals surface area contributed by atoms with Gasteiger partial charge >= 0.3 is 6.18 Å². The van der Waals surface area contributed by atoms with Gasteiger partial charge in [0, 0.05) is 0 Å². The van der Waals surface area contributed by atoms with E-state index in [1.165, 1.54) is 0 Å². The predicted molar refractivity (Wildman–Crippen MR) is 48.5 cm³/mol. The van der Waals surface area contributed by atoms with Crippen LogP contribution in [-0.4, -0.2) is 13.0 Å². The SMILES string of the molecule is Cl.O=S(=O)(O)c1ccc(C(F)(F)F)cc1F. The first kappa shape index (κ1) is 15.1. The molecule has 0 aliphatic carbocycles. The van der Waals surface area contributed by atoms with Crippen LogP contribution >= 0.6 is 12.4 Å². The lowest BCUT2D eigenvalue weighted by Gasteiger charge is -2.07. The molecule has 0 bridgehead atoms. The summed E-state index contributed by atoms with van der Waals surface area (Å²) in [4.78, 5) is -1.18. The lowest BCUT2D eigenvalue weighted by Crippen LogP contribution is -2.08. The fourth-order valence-corrected chi connectivity index (χ4v) is 1.43. The second-order valence-corrected chi connectivity index (χ2v) is 4.01. The topological polar surface area (TPSA) is 54.4 Å². The van der Waals surface area contributed by atoms with Crippen LogP contribution in [0.3, 0.4) is 0 Å². The standard InChI is InChI=1S/C7H4F4O3S.ClH/c8-5-3-4(7(9,10)11)1-2-6(5)15(12,13)14;/h1-3H,(H,12,13,14);1H. The van der Waals surface area contributed by atoms with E-state index < -0.39 is 32.6 Å². The smallest absolute Gasteiger partial charge is 0.282 e. The van der Waals surface area contributed by atoms with Gasteiger partial charge in [0.1, 0.15) is 10.7 Å². The van der Waals surface area contributed by atoms with E-state index in [9.17, 15) is 26.0 Å². The molecule has 0 radical (unpaired) electrons. The Bertz CT molecular complexity index is 483. The molecule has 0 unspecified atom stereocenters. The molecule has 0 atom stereocenters. The number of alkyl halides is 3. The molecule has 92 valence electrons. The Morgan fingerprint density at radius 3 is 2.00 bits per heavy atom. The van der Waals surface area contributed by atoms with Gasteiger partial charge in [-0.3, -0.25) is 4.55 Å². The average molecular weight is 281 g/mol. The molecule has 1 N–H and O–H groups in total. The summed E-state index contributed by atoms with van der Waals surface area (Å²) in [6.45, 7) is 0. The Kier molecular flexibility index (Phi) is 4.31. The zero-order chi connectivity index (χ0) is 11.9. The third-order valence-corrected chi connectivity index (χ3v) is 2.42. The molecule has 0 fully saturated rings. The van der Waals surface area contributed by atoms with Crippen molar-refractivity contribution in [3.63, 3.8) is 0 Å². The van der Waals surface area contributed by atoms with E-state index in [4.69, 9.17) is 4.55 Å². The van der Waals surface area contributed by atoms with Crippen LogP contribution in [0.2, 0.25) is 0 Å². The van der Waals surface area contributed by atoms with E-state index in [1.54, 1.807) is 0 Å². The minimum atomic E-state index is -4.84. The number of rotatable bonds is 1. The highest BCUT2D eigenvalue weighted by molar-refractivity contribution is 7.85. The lowest BCUT2D eigenvalue weighted by molar-refractivity contribution is -0.137. The number of hydrogen-bond acceptors (Lipinski definition) is 2. The zero-order valence-corrected chi connectivity index (χ0v) is 8.96. The first-order valence-corrected chi connectivity index (χ1v) is 4.90. The molecule has 0 aliphatic rings. The van der Waals surface area contributed by atoms with E-state index in [0.717, 1.165) is 0 Å². The predicted octanol–water partition coefficient (Wildman–Crippen LogP) is 2.51. The number of halogens is 5. The van der Waals surface area contributed by atoms with Crippen LogP contribution in [0.1, 0.15) is 5.56 Å². The van der Waals surface area contributed by atoms with E-state index >= 15 is 0 Å². The van der Waals surface area contributed by atoms with Gasteiger partial charge in [-0.25, -0.2) is 4.39 Å². The lowest BCUT2D eigenvalue weighted by atomic mass is 10.2. The Morgan fingerprint density at radius 1 is 1.19 bits per heavy atom. The summed E-state index contributed by atoms with van der Waals surface area (Å²) in [5.41, 5.74) is -1.33. The molecule has 9 heteroatoms. The van der Waals surface area contributed by atoms with E-state index in [2.05, 4.69) is 0 Å². The Morgan fingerprint density at radius 2 is 1.69 bits per heavy atom. The summed E-state index contributed by atoms with van der Waals surface area (Å²) in [6, 6.07) is 0.725. The monoisotopic (exact) mass is 280 g/mol. The van der Waals surface area contributed by atoms with Gasteiger partial charge in [-0.2, -0.15) is 21.6 Å². The molecule has 3 nitrogen and oxygen atoms in total. The highest BCUT2D eigenvalue weighted by Crippen LogP contribution is 2.30. The molecular weight excluding hydrogens is 276 g/mol. The molecule has 1 aromatic rings. The van der Waals surface area contributed by atoms with Crippen molar-refractivity contribution in [1.82, 2.24) is 0 Å². The molecule has 0 amide bonds. The summed E-state index contributed by atoms with van der Waals surface area (Å²) in [6.07, 6.45) is -4.77. The zero-order valence-electron chi connectivity index (χ0n) is 7.32. The molecule has 0 aromatic heterocycles. The molecule has 0 saturated heterocycles. The summed E-state index contributed by atoms with van der Waals surface area (Å²) in [5, 5.41) is 0. The van der Waals surface area contributed by atoms with Crippen molar-refractivity contribution in [2.75, 3.05) is 0 Å². The minimum Gasteiger partial charge on any atom is -0.282 e. The largest absolute Gasteiger partial charge is 0.416 e. The normalized spacial score (nSPS) is 12.1. The second-order valence-electron chi connectivity index (χ2n) is 2.62. The number of benzene rings is 1.